The Kier molecular flexibility index (Phi) is 7.56. The first kappa shape index (κ1) is 27.5. The van der Waals surface area contributed by atoms with E-state index in [4.69, 9.17) is 21.8 Å². The minimum Gasteiger partial charge on any atom is -0.476 e. The fourth-order valence-electron chi connectivity index (χ4n) is 4.86. The van der Waals surface area contributed by atoms with E-state index < -0.39 is 22.8 Å². The fraction of sp³-hybridized carbons (Fsp3) is 0.167. The lowest BCUT2D eigenvalue weighted by Crippen LogP contribution is -2.07. The summed E-state index contributed by atoms with van der Waals surface area (Å²) in [5.41, 5.74) is 6.00. The Morgan fingerprint density at radius 1 is 1.10 bits per heavy atom. The first-order valence-electron chi connectivity index (χ1n) is 12.9. The minimum atomic E-state index is -2.30. The van der Waals surface area contributed by atoms with Crippen LogP contribution in [0.2, 0.25) is 5.02 Å². The number of halogens is 2. The number of carboxylic acid groups (broad SMARTS) is 1. The Hall–Kier alpha value is -3.70. The van der Waals surface area contributed by atoms with E-state index in [1.165, 1.54) is 28.8 Å². The molecule has 5 aromatic rings. The van der Waals surface area contributed by atoms with Crippen molar-refractivity contribution in [2.45, 2.75) is 30.6 Å². The molecule has 0 aliphatic heterocycles. The summed E-state index contributed by atoms with van der Waals surface area (Å²) in [6.45, 7) is 0. The average Bonchev–Trinajstić information content (AvgIpc) is 3.51. The number of thiazole rings is 1. The van der Waals surface area contributed by atoms with E-state index in [0.29, 0.717) is 33.8 Å². The van der Waals surface area contributed by atoms with Gasteiger partial charge in [-0.1, -0.05) is 52.2 Å². The van der Waals surface area contributed by atoms with Gasteiger partial charge in [-0.05, 0) is 72.2 Å². The summed E-state index contributed by atoms with van der Waals surface area (Å²) in [4.78, 5) is 15.9. The monoisotopic (exact) mass is 607 g/mol. The van der Waals surface area contributed by atoms with Gasteiger partial charge in [-0.3, -0.25) is 0 Å². The molecule has 6 rings (SSSR count). The van der Waals surface area contributed by atoms with Crippen molar-refractivity contribution < 1.29 is 18.5 Å². The number of rotatable bonds is 9. The van der Waals surface area contributed by atoms with Crippen molar-refractivity contribution in [2.24, 2.45) is 11.1 Å². The van der Waals surface area contributed by atoms with Gasteiger partial charge in [0.25, 0.3) is 0 Å². The predicted octanol–water partition coefficient (Wildman–Crippen LogP) is 6.63. The lowest BCUT2D eigenvalue weighted by Gasteiger charge is -2.10. The average molecular weight is 608 g/mol. The van der Waals surface area contributed by atoms with Crippen molar-refractivity contribution in [2.75, 3.05) is 0 Å². The van der Waals surface area contributed by atoms with Crippen LogP contribution in [0.4, 0.5) is 4.39 Å². The third-order valence-electron chi connectivity index (χ3n) is 7.11. The van der Waals surface area contributed by atoms with Crippen LogP contribution in [-0.4, -0.2) is 25.8 Å². The molecule has 0 spiro atoms. The Morgan fingerprint density at radius 2 is 1.85 bits per heavy atom. The molecule has 41 heavy (non-hydrogen) atoms. The van der Waals surface area contributed by atoms with Crippen molar-refractivity contribution in [3.8, 4) is 27.5 Å². The Bertz CT molecular complexity index is 1800. The number of carboxylic acids is 1. The third kappa shape index (κ3) is 5.87. The highest BCUT2D eigenvalue weighted by Crippen LogP contribution is 2.39. The van der Waals surface area contributed by atoms with Crippen LogP contribution >= 0.6 is 22.9 Å². The van der Waals surface area contributed by atoms with Crippen LogP contribution in [0.3, 0.4) is 0 Å². The number of carbonyl (C=O) groups is 1. The van der Waals surface area contributed by atoms with Gasteiger partial charge < -0.3 is 5.11 Å². The van der Waals surface area contributed by atoms with Crippen LogP contribution in [0, 0.1) is 11.7 Å². The normalized spacial score (nSPS) is 13.8. The number of nitrogens with zero attached hydrogens (tertiary/aromatic N) is 3. The number of aromatic nitrogens is 3. The molecule has 2 aromatic heterocycles. The second-order valence-electron chi connectivity index (χ2n) is 10.0. The summed E-state index contributed by atoms with van der Waals surface area (Å²) in [6.07, 6.45) is 3.28. The van der Waals surface area contributed by atoms with Gasteiger partial charge >= 0.3 is 5.97 Å². The molecule has 11 heteroatoms. The molecule has 3 aromatic carbocycles. The zero-order chi connectivity index (χ0) is 28.7. The van der Waals surface area contributed by atoms with Crippen molar-refractivity contribution in [1.82, 2.24) is 14.8 Å². The highest BCUT2D eigenvalue weighted by molar-refractivity contribution is 7.82. The lowest BCUT2D eigenvalue weighted by atomic mass is 9.95. The van der Waals surface area contributed by atoms with Crippen LogP contribution < -0.4 is 5.14 Å². The van der Waals surface area contributed by atoms with Gasteiger partial charge in [-0.15, -0.1) is 16.5 Å². The molecule has 0 bridgehead atoms. The highest BCUT2D eigenvalue weighted by Gasteiger charge is 2.29. The van der Waals surface area contributed by atoms with Gasteiger partial charge in [-0.2, -0.15) is 5.10 Å². The van der Waals surface area contributed by atoms with E-state index in [1.54, 1.807) is 10.7 Å². The second kappa shape index (κ2) is 11.3. The molecular weight excluding hydrogens is 583 g/mol. The number of hydrogen-bond acceptors (Lipinski definition) is 5. The largest absolute Gasteiger partial charge is 0.476 e. The Balaban J connectivity index is 1.52. The summed E-state index contributed by atoms with van der Waals surface area (Å²) >= 11 is 7.32. The summed E-state index contributed by atoms with van der Waals surface area (Å²) in [5, 5.41) is 22.6. The Morgan fingerprint density at radius 3 is 2.51 bits per heavy atom. The van der Waals surface area contributed by atoms with Crippen molar-refractivity contribution >= 4 is 39.9 Å². The van der Waals surface area contributed by atoms with Gasteiger partial charge in [0.1, 0.15) is 0 Å². The molecule has 1 saturated carbocycles. The van der Waals surface area contributed by atoms with Gasteiger partial charge in [0.05, 0.1) is 11.4 Å². The first-order chi connectivity index (χ1) is 19.8. The SMILES string of the molecule is N[SH+](=O)c1ccc(Cc2c(-c3cccc(-c4ccc(Cl)cc4)c3)nn(-c3nc(C(=O)O)cs3)c2CC2CC2)cc1F. The van der Waals surface area contributed by atoms with Gasteiger partial charge in [-0.25, -0.2) is 18.9 Å². The smallest absolute Gasteiger partial charge is 0.355 e. The molecule has 1 fully saturated rings. The van der Waals surface area contributed by atoms with Crippen LogP contribution in [0.5, 0.6) is 0 Å². The molecular formula is C30H25ClFN4O3S2+. The van der Waals surface area contributed by atoms with E-state index in [1.807, 2.05) is 48.5 Å². The molecule has 0 radical (unpaired) electrons. The van der Waals surface area contributed by atoms with Crippen molar-refractivity contribution in [1.29, 1.82) is 0 Å². The lowest BCUT2D eigenvalue weighted by molar-refractivity contribution is 0.0691. The second-order valence-corrected chi connectivity index (χ2v) is 12.4. The van der Waals surface area contributed by atoms with Crippen LogP contribution in [0.25, 0.3) is 27.5 Å². The molecule has 1 atom stereocenters. The number of aromatic carboxylic acids is 1. The topological polar surface area (TPSA) is 111 Å². The highest BCUT2D eigenvalue weighted by atomic mass is 35.5. The van der Waals surface area contributed by atoms with Gasteiger partial charge in [0.15, 0.2) is 22.5 Å². The molecule has 208 valence electrons. The number of nitrogens with two attached hydrogens (primary N) is 1. The van der Waals surface area contributed by atoms with Crippen LogP contribution in [0.1, 0.15) is 40.2 Å². The molecule has 3 N–H and O–H groups in total. The van der Waals surface area contributed by atoms with Crippen LogP contribution in [-0.2, 0) is 28.0 Å². The van der Waals surface area contributed by atoms with Crippen molar-refractivity contribution in [3.63, 3.8) is 0 Å². The zero-order valence-electron chi connectivity index (χ0n) is 21.6. The van der Waals surface area contributed by atoms with E-state index >= 15 is 0 Å². The Labute approximate surface area is 247 Å². The number of thiol groups is 1. The van der Waals surface area contributed by atoms with E-state index in [2.05, 4.69) is 4.98 Å². The maximum absolute atomic E-state index is 14.8. The number of hydrogen-bond donors (Lipinski definition) is 2. The summed E-state index contributed by atoms with van der Waals surface area (Å²) in [5.74, 6) is -1.23. The molecule has 0 amide bonds. The summed E-state index contributed by atoms with van der Waals surface area (Å²) in [7, 11) is -2.30. The number of benzene rings is 3. The van der Waals surface area contributed by atoms with Crippen molar-refractivity contribution in [3.05, 3.63) is 105 Å². The van der Waals surface area contributed by atoms with E-state index in [9.17, 15) is 18.5 Å². The molecule has 7 nitrogen and oxygen atoms in total. The first-order valence-corrected chi connectivity index (χ1v) is 15.5. The maximum Gasteiger partial charge on any atom is 0.355 e. The maximum atomic E-state index is 14.8. The fourth-order valence-corrected chi connectivity index (χ4v) is 6.25. The molecule has 2 heterocycles. The minimum absolute atomic E-state index is 0.0162. The van der Waals surface area contributed by atoms with E-state index in [-0.39, 0.29) is 10.6 Å². The predicted molar refractivity (Wildman–Crippen MR) is 160 cm³/mol. The zero-order valence-corrected chi connectivity index (χ0v) is 24.1. The summed E-state index contributed by atoms with van der Waals surface area (Å²) in [6, 6.07) is 20.2. The molecule has 1 aliphatic carbocycles. The molecule has 1 unspecified atom stereocenters. The van der Waals surface area contributed by atoms with Gasteiger partial charge in [0, 0.05) is 28.0 Å². The summed E-state index contributed by atoms with van der Waals surface area (Å²) < 4.78 is 28.3. The van der Waals surface area contributed by atoms with Crippen LogP contribution in [0.15, 0.2) is 77.0 Å². The quantitative estimate of drug-likeness (QED) is 0.144. The molecule has 1 aliphatic rings. The third-order valence-corrected chi connectivity index (χ3v) is 9.01. The molecule has 0 saturated heterocycles. The van der Waals surface area contributed by atoms with Gasteiger partial charge in [0.2, 0.25) is 10.0 Å². The van der Waals surface area contributed by atoms with E-state index in [0.717, 1.165) is 47.2 Å². The standard InChI is InChI=1S/C30H24ClFN4O3S2/c31-22-9-7-19(8-10-22)20-2-1-3-21(15-20)28-23(12-18-6-11-27(41(33)39)24(32)13-18)26(14-17-4-5-17)36(35-28)30-34-25(16-40-30)29(37)38/h1-3,6-11,13,15-17H,4-5,12,14H2,(H2,33,39)(H,37,38)/p+1.